The smallest absolute Gasteiger partial charge is 0.331 e. The van der Waals surface area contributed by atoms with E-state index in [2.05, 4.69) is 6.92 Å². The molecule has 2 rings (SSSR count). The normalized spacial score (nSPS) is 32.1. The van der Waals surface area contributed by atoms with Gasteiger partial charge in [0, 0.05) is 12.5 Å². The molecule has 0 aromatic carbocycles. The van der Waals surface area contributed by atoms with E-state index >= 15 is 0 Å². The average Bonchev–Trinajstić information content (AvgIpc) is 2.93. The van der Waals surface area contributed by atoms with E-state index in [4.69, 9.17) is 14.5 Å². The lowest BCUT2D eigenvalue weighted by atomic mass is 10.0. The zero-order valence-electron chi connectivity index (χ0n) is 10.3. The molecule has 4 nitrogen and oxygen atoms in total. The van der Waals surface area contributed by atoms with Gasteiger partial charge in [-0.3, -0.25) is 0 Å². The molecular formula is C13H20O4. The van der Waals surface area contributed by atoms with E-state index in [-0.39, 0.29) is 24.3 Å². The molecule has 96 valence electrons. The molecule has 17 heavy (non-hydrogen) atoms. The van der Waals surface area contributed by atoms with Crippen LogP contribution < -0.4 is 0 Å². The van der Waals surface area contributed by atoms with Crippen LogP contribution in [-0.4, -0.2) is 24.3 Å². The number of carbonyl (C=O) groups is 1. The Morgan fingerprint density at radius 3 is 2.88 bits per heavy atom. The van der Waals surface area contributed by atoms with Crippen LogP contribution in [0.4, 0.5) is 0 Å². The molecule has 0 spiro atoms. The maximum absolute atomic E-state index is 10.9. The summed E-state index contributed by atoms with van der Waals surface area (Å²) in [6, 6.07) is 0. The second kappa shape index (κ2) is 6.17. The van der Waals surface area contributed by atoms with Crippen molar-refractivity contribution < 1.29 is 19.3 Å². The summed E-state index contributed by atoms with van der Waals surface area (Å²) in [5, 5.41) is 0. The summed E-state index contributed by atoms with van der Waals surface area (Å²) < 4.78 is 5.08. The molecule has 3 atom stereocenters. The second-order valence-electron chi connectivity index (χ2n) is 4.70. The summed E-state index contributed by atoms with van der Waals surface area (Å²) in [7, 11) is 0. The van der Waals surface area contributed by atoms with Gasteiger partial charge in [-0.25, -0.2) is 14.6 Å². The van der Waals surface area contributed by atoms with Crippen molar-refractivity contribution in [2.45, 2.75) is 63.8 Å². The van der Waals surface area contributed by atoms with Gasteiger partial charge < -0.3 is 4.74 Å². The number of cyclic esters (lactones) is 1. The van der Waals surface area contributed by atoms with Crippen LogP contribution in [0.15, 0.2) is 12.2 Å². The molecular weight excluding hydrogens is 220 g/mol. The number of carbonyl (C=O) groups excluding carboxylic acids is 1. The van der Waals surface area contributed by atoms with Gasteiger partial charge in [0.2, 0.25) is 0 Å². The van der Waals surface area contributed by atoms with Crippen LogP contribution in [0.1, 0.15) is 45.4 Å². The minimum Gasteiger partial charge on any atom is -0.452 e. The number of rotatable bonds is 6. The van der Waals surface area contributed by atoms with Crippen molar-refractivity contribution in [2.24, 2.45) is 0 Å². The molecule has 0 amide bonds. The minimum atomic E-state index is -0.287. The summed E-state index contributed by atoms with van der Waals surface area (Å²) in [6.07, 6.45) is 9.75. The molecule has 1 saturated heterocycles. The molecule has 4 heteroatoms. The van der Waals surface area contributed by atoms with Crippen LogP contribution in [-0.2, 0) is 19.3 Å². The van der Waals surface area contributed by atoms with Crippen LogP contribution in [0.3, 0.4) is 0 Å². The van der Waals surface area contributed by atoms with Gasteiger partial charge in [-0.15, -0.1) is 0 Å². The van der Waals surface area contributed by atoms with Gasteiger partial charge in [0.15, 0.2) is 6.10 Å². The molecule has 0 aromatic rings. The first-order valence-electron chi connectivity index (χ1n) is 6.50. The highest BCUT2D eigenvalue weighted by Crippen LogP contribution is 2.27. The van der Waals surface area contributed by atoms with Crippen molar-refractivity contribution >= 4 is 5.97 Å². The first-order valence-corrected chi connectivity index (χ1v) is 6.50. The highest BCUT2D eigenvalue weighted by atomic mass is 17.2. The maximum Gasteiger partial charge on any atom is 0.331 e. The zero-order valence-corrected chi connectivity index (χ0v) is 10.3. The first kappa shape index (κ1) is 12.6. The number of unbranched alkanes of at least 4 members (excludes halogenated alkanes) is 3. The quantitative estimate of drug-likeness (QED) is 0.406. The van der Waals surface area contributed by atoms with Crippen LogP contribution in [0.2, 0.25) is 0 Å². The van der Waals surface area contributed by atoms with E-state index in [9.17, 15) is 4.79 Å². The third-order valence-electron chi connectivity index (χ3n) is 3.23. The third kappa shape index (κ3) is 3.54. The van der Waals surface area contributed by atoms with Crippen molar-refractivity contribution in [1.29, 1.82) is 0 Å². The molecule has 0 bridgehead atoms. The third-order valence-corrected chi connectivity index (χ3v) is 3.23. The number of hydrogen-bond acceptors (Lipinski definition) is 4. The Kier molecular flexibility index (Phi) is 4.57. The average molecular weight is 240 g/mol. The highest BCUT2D eigenvalue weighted by molar-refractivity contribution is 5.84. The lowest BCUT2D eigenvalue weighted by Gasteiger charge is -2.12. The summed E-state index contributed by atoms with van der Waals surface area (Å²) in [6.45, 7) is 2.20. The largest absolute Gasteiger partial charge is 0.452 e. The van der Waals surface area contributed by atoms with E-state index in [0.717, 1.165) is 12.8 Å². The molecule has 0 N–H and O–H groups in total. The van der Waals surface area contributed by atoms with Gasteiger partial charge in [0.1, 0.15) is 6.10 Å². The SMILES string of the molecule is CCCCCCC1CC(C2C=CC(=O)O2)OO1. The Bertz CT molecular complexity index is 287. The van der Waals surface area contributed by atoms with Crippen molar-refractivity contribution in [1.82, 2.24) is 0 Å². The standard InChI is InChI=1S/C13H20O4/c1-2-3-4-5-6-10-9-12(17-16-10)11-7-8-13(14)15-11/h7-8,10-12H,2-6,9H2,1H3. The molecule has 3 unspecified atom stereocenters. The van der Waals surface area contributed by atoms with Crippen molar-refractivity contribution in [3.05, 3.63) is 12.2 Å². The van der Waals surface area contributed by atoms with E-state index in [1.54, 1.807) is 6.08 Å². The van der Waals surface area contributed by atoms with E-state index < -0.39 is 0 Å². The topological polar surface area (TPSA) is 44.8 Å². The molecule has 2 aliphatic rings. The van der Waals surface area contributed by atoms with Gasteiger partial charge in [-0.2, -0.15) is 0 Å². The number of esters is 1. The van der Waals surface area contributed by atoms with Gasteiger partial charge >= 0.3 is 5.97 Å². The number of ether oxygens (including phenoxy) is 1. The van der Waals surface area contributed by atoms with E-state index in [1.807, 2.05) is 0 Å². The second-order valence-corrected chi connectivity index (χ2v) is 4.70. The molecule has 0 radical (unpaired) electrons. The van der Waals surface area contributed by atoms with Crippen molar-refractivity contribution in [3.8, 4) is 0 Å². The first-order chi connectivity index (χ1) is 8.29. The Balaban J connectivity index is 1.65. The van der Waals surface area contributed by atoms with Gasteiger partial charge in [-0.05, 0) is 12.5 Å². The van der Waals surface area contributed by atoms with Crippen LogP contribution in [0.5, 0.6) is 0 Å². The Hall–Kier alpha value is -0.870. The molecule has 1 fully saturated rings. The Labute approximate surface area is 102 Å². The van der Waals surface area contributed by atoms with Crippen LogP contribution in [0.25, 0.3) is 0 Å². The summed E-state index contributed by atoms with van der Waals surface area (Å²) in [5.41, 5.74) is 0. The highest BCUT2D eigenvalue weighted by Gasteiger charge is 2.36. The summed E-state index contributed by atoms with van der Waals surface area (Å²) in [5.74, 6) is -0.287. The fraction of sp³-hybridized carbons (Fsp3) is 0.769. The van der Waals surface area contributed by atoms with E-state index in [0.29, 0.717) is 0 Å². The molecule has 2 aliphatic heterocycles. The maximum atomic E-state index is 10.9. The minimum absolute atomic E-state index is 0.131. The molecule has 0 aliphatic carbocycles. The molecule has 2 heterocycles. The Morgan fingerprint density at radius 1 is 1.29 bits per heavy atom. The van der Waals surface area contributed by atoms with Crippen molar-refractivity contribution in [2.75, 3.05) is 0 Å². The predicted octanol–water partition coefficient (Wildman–Crippen LogP) is 2.53. The number of hydrogen-bond donors (Lipinski definition) is 0. The lowest BCUT2D eigenvalue weighted by molar-refractivity contribution is -0.305. The van der Waals surface area contributed by atoms with Gasteiger partial charge in [0.25, 0.3) is 0 Å². The monoisotopic (exact) mass is 240 g/mol. The summed E-state index contributed by atoms with van der Waals surface area (Å²) in [4.78, 5) is 21.4. The Morgan fingerprint density at radius 2 is 2.18 bits per heavy atom. The van der Waals surface area contributed by atoms with Gasteiger partial charge in [0.05, 0.1) is 6.10 Å². The summed E-state index contributed by atoms with van der Waals surface area (Å²) >= 11 is 0. The fourth-order valence-electron chi connectivity index (χ4n) is 2.23. The molecule has 0 aromatic heterocycles. The van der Waals surface area contributed by atoms with Crippen molar-refractivity contribution in [3.63, 3.8) is 0 Å². The van der Waals surface area contributed by atoms with E-state index in [1.165, 1.54) is 31.8 Å². The van der Waals surface area contributed by atoms with Gasteiger partial charge in [-0.1, -0.05) is 32.6 Å². The zero-order chi connectivity index (χ0) is 12.1. The molecule has 0 saturated carbocycles. The fourth-order valence-corrected chi connectivity index (χ4v) is 2.23. The predicted molar refractivity (Wildman–Crippen MR) is 62.1 cm³/mol. The van der Waals surface area contributed by atoms with Crippen LogP contribution in [0, 0.1) is 0 Å². The lowest BCUT2D eigenvalue weighted by Crippen LogP contribution is -2.25. The van der Waals surface area contributed by atoms with Crippen LogP contribution >= 0.6 is 0 Å².